The molecule has 4 nitrogen and oxygen atoms in total. The Labute approximate surface area is 110 Å². The van der Waals surface area contributed by atoms with Crippen LogP contribution in [0.2, 0.25) is 0 Å². The molecule has 2 saturated heterocycles. The van der Waals surface area contributed by atoms with Gasteiger partial charge in [-0.05, 0) is 26.7 Å². The first-order valence-corrected chi connectivity index (χ1v) is 6.84. The summed E-state index contributed by atoms with van der Waals surface area (Å²) in [4.78, 5) is 0. The van der Waals surface area contributed by atoms with Crippen molar-refractivity contribution >= 4 is 11.7 Å². The van der Waals surface area contributed by atoms with Crippen molar-refractivity contribution in [1.29, 1.82) is 10.8 Å². The Balaban J connectivity index is 2.33. The van der Waals surface area contributed by atoms with E-state index in [4.69, 9.17) is 10.8 Å². The Kier molecular flexibility index (Phi) is 2.76. The Bertz CT molecular complexity index is 359. The van der Waals surface area contributed by atoms with Crippen molar-refractivity contribution in [3.63, 3.8) is 0 Å². The molecule has 2 fully saturated rings. The van der Waals surface area contributed by atoms with Gasteiger partial charge in [-0.3, -0.25) is 20.8 Å². The average Bonchev–Trinajstić information content (AvgIpc) is 2.50. The molecule has 0 aromatic carbocycles. The summed E-state index contributed by atoms with van der Waals surface area (Å²) in [6, 6.07) is 0.619. The van der Waals surface area contributed by atoms with E-state index in [1.807, 2.05) is 0 Å². The molecular weight excluding hydrogens is 224 g/mol. The van der Waals surface area contributed by atoms with Crippen LogP contribution < -0.4 is 0 Å². The van der Waals surface area contributed by atoms with E-state index < -0.39 is 0 Å². The van der Waals surface area contributed by atoms with Gasteiger partial charge in [0.15, 0.2) is 0 Å². The van der Waals surface area contributed by atoms with Crippen molar-refractivity contribution in [2.45, 2.75) is 66.5 Å². The third kappa shape index (κ3) is 1.73. The molecule has 102 valence electrons. The minimum absolute atomic E-state index is 0.0772. The van der Waals surface area contributed by atoms with Crippen LogP contribution in [-0.2, 0) is 0 Å². The number of nitrogens with one attached hydrogen (secondary N) is 2. The smallest absolute Gasteiger partial charge is 0.121 e. The van der Waals surface area contributed by atoms with Gasteiger partial charge in [-0.1, -0.05) is 27.7 Å². The summed E-state index contributed by atoms with van der Waals surface area (Å²) in [5.41, 5.74) is -0.154. The third-order valence-electron chi connectivity index (χ3n) is 4.42. The summed E-state index contributed by atoms with van der Waals surface area (Å²) in [6.45, 7) is 12.8. The SMILES string of the molecule is CC1CC(C)(C)C(=N)N1N1C(=N)C(C)(C)CC1C. The van der Waals surface area contributed by atoms with Crippen LogP contribution in [0.1, 0.15) is 54.4 Å². The minimum Gasteiger partial charge on any atom is -0.287 e. The first kappa shape index (κ1) is 13.4. The van der Waals surface area contributed by atoms with Gasteiger partial charge in [-0.15, -0.1) is 0 Å². The number of hydrazine groups is 1. The van der Waals surface area contributed by atoms with Gasteiger partial charge in [0.25, 0.3) is 0 Å². The number of hydrogen-bond acceptors (Lipinski definition) is 2. The van der Waals surface area contributed by atoms with Crippen molar-refractivity contribution in [3.8, 4) is 0 Å². The summed E-state index contributed by atoms with van der Waals surface area (Å²) in [7, 11) is 0. The Morgan fingerprint density at radius 3 is 1.28 bits per heavy atom. The first-order valence-electron chi connectivity index (χ1n) is 6.84. The minimum atomic E-state index is -0.0772. The van der Waals surface area contributed by atoms with E-state index in [9.17, 15) is 0 Å². The summed E-state index contributed by atoms with van der Waals surface area (Å²) in [6.07, 6.45) is 1.98. The second-order valence-electron chi connectivity index (χ2n) is 7.26. The first-order chi connectivity index (χ1) is 8.08. The Morgan fingerprint density at radius 2 is 1.11 bits per heavy atom. The quantitative estimate of drug-likeness (QED) is 0.751. The maximum absolute atomic E-state index is 8.40. The molecule has 2 unspecified atom stereocenters. The van der Waals surface area contributed by atoms with Crippen LogP contribution in [-0.4, -0.2) is 33.8 Å². The van der Waals surface area contributed by atoms with Gasteiger partial charge >= 0.3 is 0 Å². The summed E-state index contributed by atoms with van der Waals surface area (Å²) >= 11 is 0. The maximum Gasteiger partial charge on any atom is 0.121 e. The number of hydrogen-bond donors (Lipinski definition) is 2. The molecule has 0 radical (unpaired) electrons. The van der Waals surface area contributed by atoms with E-state index >= 15 is 0 Å². The molecule has 18 heavy (non-hydrogen) atoms. The molecule has 2 rings (SSSR count). The molecule has 0 aromatic heterocycles. The average molecular weight is 250 g/mol. The molecule has 0 aromatic rings. The normalized spacial score (nSPS) is 34.6. The van der Waals surface area contributed by atoms with Gasteiger partial charge in [0, 0.05) is 10.8 Å². The maximum atomic E-state index is 8.40. The van der Waals surface area contributed by atoms with Gasteiger partial charge in [0.05, 0.1) is 12.1 Å². The molecule has 2 heterocycles. The van der Waals surface area contributed by atoms with Gasteiger partial charge in [0.2, 0.25) is 0 Å². The fourth-order valence-electron chi connectivity index (χ4n) is 3.54. The molecule has 0 saturated carbocycles. The lowest BCUT2D eigenvalue weighted by Crippen LogP contribution is -2.52. The number of rotatable bonds is 1. The Hall–Kier alpha value is -1.06. The molecule has 0 aliphatic carbocycles. The van der Waals surface area contributed by atoms with E-state index in [1.54, 1.807) is 0 Å². The highest BCUT2D eigenvalue weighted by Crippen LogP contribution is 2.42. The largest absolute Gasteiger partial charge is 0.287 e. The molecule has 0 spiro atoms. The molecular formula is C14H26N4. The predicted molar refractivity (Wildman–Crippen MR) is 74.9 cm³/mol. The second kappa shape index (κ2) is 3.72. The zero-order valence-electron chi connectivity index (χ0n) is 12.5. The highest BCUT2D eigenvalue weighted by atomic mass is 15.7. The summed E-state index contributed by atoms with van der Waals surface area (Å²) in [5.74, 6) is 1.31. The molecule has 2 aliphatic rings. The predicted octanol–water partition coefficient (Wildman–Crippen LogP) is 3.10. The zero-order valence-corrected chi connectivity index (χ0v) is 12.5. The lowest BCUT2D eigenvalue weighted by atomic mass is 9.90. The van der Waals surface area contributed by atoms with Crippen LogP contribution in [0.5, 0.6) is 0 Å². The molecule has 2 atom stereocenters. The van der Waals surface area contributed by atoms with Crippen LogP contribution in [0.4, 0.5) is 0 Å². The molecule has 2 N–H and O–H groups in total. The van der Waals surface area contributed by atoms with Crippen molar-refractivity contribution in [1.82, 2.24) is 10.0 Å². The molecule has 4 heteroatoms. The van der Waals surface area contributed by atoms with E-state index in [2.05, 4.69) is 51.6 Å². The monoisotopic (exact) mass is 250 g/mol. The topological polar surface area (TPSA) is 54.2 Å². The van der Waals surface area contributed by atoms with E-state index in [1.165, 1.54) is 0 Å². The van der Waals surface area contributed by atoms with E-state index in [0.29, 0.717) is 23.8 Å². The third-order valence-corrected chi connectivity index (χ3v) is 4.42. The van der Waals surface area contributed by atoms with E-state index in [0.717, 1.165) is 12.8 Å². The van der Waals surface area contributed by atoms with E-state index in [-0.39, 0.29) is 10.8 Å². The van der Waals surface area contributed by atoms with Crippen molar-refractivity contribution in [2.24, 2.45) is 10.8 Å². The summed E-state index contributed by atoms with van der Waals surface area (Å²) in [5, 5.41) is 20.9. The highest BCUT2D eigenvalue weighted by molar-refractivity contribution is 5.93. The van der Waals surface area contributed by atoms with Gasteiger partial charge in [-0.2, -0.15) is 0 Å². The Morgan fingerprint density at radius 1 is 0.833 bits per heavy atom. The lowest BCUT2D eigenvalue weighted by molar-refractivity contribution is 0.0777. The molecule has 2 aliphatic heterocycles. The van der Waals surface area contributed by atoms with Crippen LogP contribution in [0.15, 0.2) is 0 Å². The van der Waals surface area contributed by atoms with Crippen molar-refractivity contribution in [3.05, 3.63) is 0 Å². The molecule has 0 bridgehead atoms. The fraction of sp³-hybridized carbons (Fsp3) is 0.857. The van der Waals surface area contributed by atoms with Crippen molar-refractivity contribution < 1.29 is 0 Å². The van der Waals surface area contributed by atoms with Gasteiger partial charge in [-0.25, -0.2) is 0 Å². The van der Waals surface area contributed by atoms with Crippen LogP contribution in [0.3, 0.4) is 0 Å². The van der Waals surface area contributed by atoms with Crippen LogP contribution in [0, 0.1) is 21.6 Å². The lowest BCUT2D eigenvalue weighted by Gasteiger charge is -2.39. The summed E-state index contributed by atoms with van der Waals surface area (Å²) < 4.78 is 0. The van der Waals surface area contributed by atoms with Crippen molar-refractivity contribution in [2.75, 3.05) is 0 Å². The van der Waals surface area contributed by atoms with Gasteiger partial charge in [0.1, 0.15) is 11.7 Å². The standard InChI is InChI=1S/C14H26N4/c1-9-7-13(3,4)11(15)17(9)18-10(2)8-14(5,6)12(18)16/h9-10,15-16H,7-8H2,1-6H3. The zero-order chi connectivity index (χ0) is 13.9. The number of amidine groups is 2. The van der Waals surface area contributed by atoms with Crippen LogP contribution in [0.25, 0.3) is 0 Å². The highest BCUT2D eigenvalue weighted by Gasteiger charge is 2.50. The van der Waals surface area contributed by atoms with Crippen LogP contribution >= 0.6 is 0 Å². The fourth-order valence-corrected chi connectivity index (χ4v) is 3.54. The molecule has 0 amide bonds. The second-order valence-corrected chi connectivity index (χ2v) is 7.26. The van der Waals surface area contributed by atoms with Gasteiger partial charge < -0.3 is 0 Å². The number of nitrogens with zero attached hydrogens (tertiary/aromatic N) is 2.